The Labute approximate surface area is 120 Å². The van der Waals surface area contributed by atoms with Crippen LogP contribution in [0.1, 0.15) is 39.5 Å². The van der Waals surface area contributed by atoms with E-state index in [4.69, 9.17) is 11.5 Å². The van der Waals surface area contributed by atoms with Crippen molar-refractivity contribution in [3.05, 3.63) is 0 Å². The fourth-order valence-corrected chi connectivity index (χ4v) is 2.79. The average molecular weight is 280 g/mol. The van der Waals surface area contributed by atoms with Crippen molar-refractivity contribution >= 4 is 12.0 Å². The van der Waals surface area contributed by atoms with Gasteiger partial charge < -0.3 is 14.9 Å². The second-order valence-corrected chi connectivity index (χ2v) is 5.43. The number of carbonyl (C=O) groups is 2. The van der Waals surface area contributed by atoms with Crippen molar-refractivity contribution in [1.29, 1.82) is 0 Å². The summed E-state index contributed by atoms with van der Waals surface area (Å²) in [5, 5.41) is 8.84. The van der Waals surface area contributed by atoms with Gasteiger partial charge in [0.1, 0.15) is 6.54 Å². The molecule has 0 radical (unpaired) electrons. The topological polar surface area (TPSA) is 60.9 Å². The number of nitrogens with zero attached hydrogens (tertiary/aromatic N) is 2. The van der Waals surface area contributed by atoms with Gasteiger partial charge in [-0.15, -0.1) is 6.42 Å². The summed E-state index contributed by atoms with van der Waals surface area (Å²) in [7, 11) is 0. The lowest BCUT2D eigenvalue weighted by Crippen LogP contribution is -2.50. The number of hydrogen-bond donors (Lipinski definition) is 1. The molecule has 0 saturated carbocycles. The molecule has 0 atom stereocenters. The van der Waals surface area contributed by atoms with Gasteiger partial charge in [-0.25, -0.2) is 4.79 Å². The zero-order chi connectivity index (χ0) is 15.2. The Morgan fingerprint density at radius 3 is 2.25 bits per heavy atom. The molecule has 1 aliphatic rings. The maximum absolute atomic E-state index is 12.3. The largest absolute Gasteiger partial charge is 0.480 e. The van der Waals surface area contributed by atoms with Gasteiger partial charge in [0.15, 0.2) is 0 Å². The summed E-state index contributed by atoms with van der Waals surface area (Å²) < 4.78 is 0. The summed E-state index contributed by atoms with van der Waals surface area (Å²) in [4.78, 5) is 26.0. The van der Waals surface area contributed by atoms with Crippen LogP contribution in [0.4, 0.5) is 4.79 Å². The minimum absolute atomic E-state index is 0.0360. The van der Waals surface area contributed by atoms with E-state index < -0.39 is 5.97 Å². The quantitative estimate of drug-likeness (QED) is 0.784. The lowest BCUT2D eigenvalue weighted by Gasteiger charge is -2.42. The number of piperidine rings is 1. The molecular formula is C15H24N2O3. The van der Waals surface area contributed by atoms with Gasteiger partial charge in [-0.1, -0.05) is 32.6 Å². The van der Waals surface area contributed by atoms with Crippen LogP contribution in [0.2, 0.25) is 0 Å². The van der Waals surface area contributed by atoms with E-state index in [1.807, 2.05) is 0 Å². The fourth-order valence-electron chi connectivity index (χ4n) is 2.79. The molecule has 0 aromatic rings. The number of carbonyl (C=O) groups excluding carboxylic acids is 1. The molecular weight excluding hydrogens is 256 g/mol. The monoisotopic (exact) mass is 280 g/mol. The van der Waals surface area contributed by atoms with Gasteiger partial charge in [0.2, 0.25) is 0 Å². The van der Waals surface area contributed by atoms with Crippen LogP contribution in [0.3, 0.4) is 0 Å². The zero-order valence-electron chi connectivity index (χ0n) is 12.4. The van der Waals surface area contributed by atoms with E-state index in [0.29, 0.717) is 18.5 Å². The average Bonchev–Trinajstić information content (AvgIpc) is 2.46. The molecule has 2 amide bonds. The van der Waals surface area contributed by atoms with Crippen LogP contribution < -0.4 is 0 Å². The molecule has 0 unspecified atom stereocenters. The summed E-state index contributed by atoms with van der Waals surface area (Å²) in [6, 6.07) is -0.258. The Kier molecular flexibility index (Phi) is 5.87. The van der Waals surface area contributed by atoms with Crippen molar-refractivity contribution in [2.24, 2.45) is 5.41 Å². The maximum atomic E-state index is 12.3. The minimum Gasteiger partial charge on any atom is -0.480 e. The van der Waals surface area contributed by atoms with Crippen molar-refractivity contribution in [1.82, 2.24) is 9.80 Å². The smallest absolute Gasteiger partial charge is 0.323 e. The Morgan fingerprint density at radius 1 is 1.30 bits per heavy atom. The molecule has 0 aromatic heterocycles. The predicted octanol–water partition coefficient (Wildman–Crippen LogP) is 2.03. The van der Waals surface area contributed by atoms with Gasteiger partial charge >= 0.3 is 12.0 Å². The lowest BCUT2D eigenvalue weighted by molar-refractivity contribution is -0.137. The van der Waals surface area contributed by atoms with Gasteiger partial charge in [-0.3, -0.25) is 4.79 Å². The molecule has 5 heteroatoms. The van der Waals surface area contributed by atoms with E-state index >= 15 is 0 Å². The molecule has 5 nitrogen and oxygen atoms in total. The molecule has 0 aromatic carbocycles. The summed E-state index contributed by atoms with van der Waals surface area (Å²) in [6.07, 6.45) is 9.39. The number of hydrogen-bond acceptors (Lipinski definition) is 2. The molecule has 1 heterocycles. The molecule has 1 N–H and O–H groups in total. The SMILES string of the molecule is C#CCN(CC(=O)O)C(=O)N1CCC(CC)(CC)CC1. The van der Waals surface area contributed by atoms with Crippen LogP contribution in [0.5, 0.6) is 0 Å². The minimum atomic E-state index is -1.04. The highest BCUT2D eigenvalue weighted by molar-refractivity contribution is 5.80. The highest BCUT2D eigenvalue weighted by Crippen LogP contribution is 2.38. The third-order valence-electron chi connectivity index (χ3n) is 4.47. The Bertz CT molecular complexity index is 386. The number of likely N-dealkylation sites (tertiary alicyclic amines) is 1. The fraction of sp³-hybridized carbons (Fsp3) is 0.733. The number of urea groups is 1. The van der Waals surface area contributed by atoms with Gasteiger partial charge in [-0.05, 0) is 18.3 Å². The van der Waals surface area contributed by atoms with Crippen molar-refractivity contribution in [3.63, 3.8) is 0 Å². The van der Waals surface area contributed by atoms with Gasteiger partial charge in [0, 0.05) is 13.1 Å². The number of aliphatic carboxylic acids is 1. The normalized spacial score (nSPS) is 17.4. The molecule has 1 aliphatic heterocycles. The first-order valence-corrected chi connectivity index (χ1v) is 7.17. The van der Waals surface area contributed by atoms with E-state index in [-0.39, 0.29) is 19.1 Å². The van der Waals surface area contributed by atoms with Crippen molar-refractivity contribution in [3.8, 4) is 12.3 Å². The van der Waals surface area contributed by atoms with Crippen LogP contribution in [0, 0.1) is 17.8 Å². The number of rotatable bonds is 5. The third-order valence-corrected chi connectivity index (χ3v) is 4.47. The number of terminal acetylenes is 1. The van der Waals surface area contributed by atoms with Crippen LogP contribution >= 0.6 is 0 Å². The van der Waals surface area contributed by atoms with Gasteiger partial charge in [0.05, 0.1) is 6.54 Å². The van der Waals surface area contributed by atoms with E-state index in [1.165, 1.54) is 4.90 Å². The zero-order valence-corrected chi connectivity index (χ0v) is 12.4. The Balaban J connectivity index is 2.64. The first-order chi connectivity index (χ1) is 9.48. The van der Waals surface area contributed by atoms with Crippen LogP contribution in [0.15, 0.2) is 0 Å². The van der Waals surface area contributed by atoms with Gasteiger partial charge in [0.25, 0.3) is 0 Å². The number of carboxylic acid groups (broad SMARTS) is 1. The number of carboxylic acids is 1. The maximum Gasteiger partial charge on any atom is 0.323 e. The lowest BCUT2D eigenvalue weighted by atomic mass is 9.74. The Hall–Kier alpha value is -1.70. The summed E-state index contributed by atoms with van der Waals surface area (Å²) in [5.41, 5.74) is 0.334. The molecule has 112 valence electrons. The molecule has 0 aliphatic carbocycles. The second kappa shape index (κ2) is 7.18. The van der Waals surface area contributed by atoms with Crippen molar-refractivity contribution < 1.29 is 14.7 Å². The van der Waals surface area contributed by atoms with Crippen LogP contribution in [0.25, 0.3) is 0 Å². The third kappa shape index (κ3) is 3.89. The second-order valence-electron chi connectivity index (χ2n) is 5.43. The van der Waals surface area contributed by atoms with E-state index in [9.17, 15) is 9.59 Å². The van der Waals surface area contributed by atoms with Crippen molar-refractivity contribution in [2.75, 3.05) is 26.2 Å². The molecule has 0 bridgehead atoms. The summed E-state index contributed by atoms with van der Waals surface area (Å²) in [6.45, 7) is 5.44. The molecule has 20 heavy (non-hydrogen) atoms. The van der Waals surface area contributed by atoms with Gasteiger partial charge in [-0.2, -0.15) is 0 Å². The van der Waals surface area contributed by atoms with E-state index in [2.05, 4.69) is 19.8 Å². The van der Waals surface area contributed by atoms with Crippen molar-refractivity contribution in [2.45, 2.75) is 39.5 Å². The van der Waals surface area contributed by atoms with Crippen LogP contribution in [-0.4, -0.2) is 53.1 Å². The Morgan fingerprint density at radius 2 is 1.85 bits per heavy atom. The predicted molar refractivity (Wildman–Crippen MR) is 77.3 cm³/mol. The molecule has 0 spiro atoms. The van der Waals surface area contributed by atoms with E-state index in [1.54, 1.807) is 4.90 Å². The van der Waals surface area contributed by atoms with E-state index in [0.717, 1.165) is 25.7 Å². The molecule has 1 fully saturated rings. The first kappa shape index (κ1) is 16.4. The summed E-state index contributed by atoms with van der Waals surface area (Å²) in [5.74, 6) is 1.31. The highest BCUT2D eigenvalue weighted by atomic mass is 16.4. The first-order valence-electron chi connectivity index (χ1n) is 7.17. The number of amides is 2. The molecule has 1 rings (SSSR count). The standard InChI is InChI=1S/C15H24N2O3/c1-4-9-17(12-13(18)19)14(20)16-10-7-15(5-2,6-3)8-11-16/h1H,5-12H2,2-3H3,(H,18,19). The summed E-state index contributed by atoms with van der Waals surface area (Å²) >= 11 is 0. The molecule has 1 saturated heterocycles. The van der Waals surface area contributed by atoms with Crippen LogP contribution in [-0.2, 0) is 4.79 Å². The highest BCUT2D eigenvalue weighted by Gasteiger charge is 2.34.